The zero-order valence-electron chi connectivity index (χ0n) is 18.5. The number of hydrogen-bond acceptors (Lipinski definition) is 4. The van der Waals surface area contributed by atoms with E-state index in [1.165, 1.54) is 51.6 Å². The van der Waals surface area contributed by atoms with Crippen LogP contribution in [0.15, 0.2) is 29.2 Å². The Kier molecular flexibility index (Phi) is 8.81. The molecule has 4 nitrogen and oxygen atoms in total. The fraction of sp³-hybridized carbons (Fsp3) is 0.739. The van der Waals surface area contributed by atoms with Gasteiger partial charge >= 0.3 is 0 Å². The van der Waals surface area contributed by atoms with E-state index in [9.17, 15) is 8.42 Å². The molecule has 5 heteroatoms. The largest absolute Gasteiger partial charge is 0.371 e. The van der Waals surface area contributed by atoms with E-state index in [-0.39, 0.29) is 0 Å². The molecule has 0 unspecified atom stereocenters. The maximum Gasteiger partial charge on any atom is 0.175 e. The van der Waals surface area contributed by atoms with Crippen molar-refractivity contribution < 1.29 is 8.42 Å². The second-order valence-corrected chi connectivity index (χ2v) is 10.6. The molecule has 2 saturated heterocycles. The Morgan fingerprint density at radius 1 is 1.00 bits per heavy atom. The Hall–Kier alpha value is -1.07. The number of nitrogens with zero attached hydrogens (tertiary/aromatic N) is 2. The molecule has 0 radical (unpaired) electrons. The molecular formula is C23H40N2O2S. The molecule has 0 bridgehead atoms. The third-order valence-corrected chi connectivity index (χ3v) is 7.43. The third kappa shape index (κ3) is 6.48. The summed E-state index contributed by atoms with van der Waals surface area (Å²) in [6.07, 6.45) is 6.39. The van der Waals surface area contributed by atoms with Gasteiger partial charge in [0.15, 0.2) is 9.84 Å². The van der Waals surface area contributed by atoms with Crippen molar-refractivity contribution in [1.29, 1.82) is 0 Å². The molecule has 1 aromatic carbocycles. The van der Waals surface area contributed by atoms with Crippen molar-refractivity contribution in [3.05, 3.63) is 24.3 Å². The van der Waals surface area contributed by atoms with Gasteiger partial charge in [-0.25, -0.2) is 8.42 Å². The molecule has 2 aliphatic heterocycles. The van der Waals surface area contributed by atoms with Crippen LogP contribution >= 0.6 is 0 Å². The fourth-order valence-electron chi connectivity index (χ4n) is 4.45. The van der Waals surface area contributed by atoms with Crippen LogP contribution in [0.3, 0.4) is 0 Å². The summed E-state index contributed by atoms with van der Waals surface area (Å²) in [7, 11) is -3.14. The maximum absolute atomic E-state index is 11.8. The van der Waals surface area contributed by atoms with E-state index >= 15 is 0 Å². The molecule has 0 saturated carbocycles. The predicted octanol–water partition coefficient (Wildman–Crippen LogP) is 4.70. The lowest BCUT2D eigenvalue weighted by Crippen LogP contribution is -2.42. The summed E-state index contributed by atoms with van der Waals surface area (Å²) in [5.74, 6) is 2.51. The minimum absolute atomic E-state index is 0.421. The van der Waals surface area contributed by atoms with Crippen molar-refractivity contribution in [2.45, 2.75) is 58.3 Å². The van der Waals surface area contributed by atoms with Crippen LogP contribution in [0, 0.1) is 17.8 Å². The first-order chi connectivity index (χ1) is 13.3. The summed E-state index contributed by atoms with van der Waals surface area (Å²) in [5, 5.41) is 0. The molecule has 0 spiro atoms. The highest BCUT2D eigenvalue weighted by molar-refractivity contribution is 7.90. The molecular weight excluding hydrogens is 368 g/mol. The van der Waals surface area contributed by atoms with Crippen LogP contribution in [-0.4, -0.2) is 52.3 Å². The molecule has 0 amide bonds. The minimum Gasteiger partial charge on any atom is -0.371 e. The Morgan fingerprint density at radius 3 is 2.14 bits per heavy atom. The zero-order chi connectivity index (χ0) is 20.7. The van der Waals surface area contributed by atoms with E-state index in [1.54, 1.807) is 6.07 Å². The quantitative estimate of drug-likeness (QED) is 0.708. The molecule has 28 heavy (non-hydrogen) atoms. The van der Waals surface area contributed by atoms with Gasteiger partial charge in [0.1, 0.15) is 0 Å². The Bertz CT molecular complexity index is 686. The van der Waals surface area contributed by atoms with E-state index in [4.69, 9.17) is 0 Å². The van der Waals surface area contributed by atoms with Crippen molar-refractivity contribution in [2.24, 2.45) is 17.8 Å². The van der Waals surface area contributed by atoms with Crippen molar-refractivity contribution >= 4 is 15.5 Å². The molecule has 1 aromatic rings. The highest BCUT2D eigenvalue weighted by Crippen LogP contribution is 2.28. The monoisotopic (exact) mass is 408 g/mol. The van der Waals surface area contributed by atoms with Gasteiger partial charge in [0.2, 0.25) is 0 Å². The van der Waals surface area contributed by atoms with Crippen LogP contribution in [-0.2, 0) is 9.84 Å². The van der Waals surface area contributed by atoms with E-state index in [1.807, 2.05) is 32.0 Å². The van der Waals surface area contributed by atoms with Gasteiger partial charge in [0.25, 0.3) is 0 Å². The number of anilines is 1. The van der Waals surface area contributed by atoms with Crippen LogP contribution in [0.1, 0.15) is 53.4 Å². The highest BCUT2D eigenvalue weighted by Gasteiger charge is 2.26. The lowest BCUT2D eigenvalue weighted by molar-refractivity contribution is 0.132. The van der Waals surface area contributed by atoms with E-state index in [2.05, 4.69) is 23.6 Å². The van der Waals surface area contributed by atoms with Crippen molar-refractivity contribution in [3.8, 4) is 0 Å². The fourth-order valence-corrected chi connectivity index (χ4v) is 5.11. The molecule has 2 heterocycles. The van der Waals surface area contributed by atoms with E-state index in [0.29, 0.717) is 4.90 Å². The molecule has 3 rings (SSSR count). The van der Waals surface area contributed by atoms with Crippen molar-refractivity contribution in [1.82, 2.24) is 4.90 Å². The van der Waals surface area contributed by atoms with Gasteiger partial charge in [-0.3, -0.25) is 0 Å². The standard InChI is InChI=1S/C21H34N2O2S.C2H6/c1-17(2)19-9-11-22(12-10-19)16-18-7-13-23(14-8-18)20-5-4-6-21(15-20)26(3,24)25;1-2/h4-6,15,17-19H,7-14,16H2,1-3H3;1-2H3. The first-order valence-electron chi connectivity index (χ1n) is 11.1. The normalized spacial score (nSPS) is 20.1. The number of sulfone groups is 1. The topological polar surface area (TPSA) is 40.6 Å². The molecule has 2 fully saturated rings. The van der Waals surface area contributed by atoms with Gasteiger partial charge in [-0.05, 0) is 74.7 Å². The predicted molar refractivity (Wildman–Crippen MR) is 120 cm³/mol. The van der Waals surface area contributed by atoms with Crippen molar-refractivity contribution in [2.75, 3.05) is 43.9 Å². The summed E-state index contributed by atoms with van der Waals surface area (Å²) >= 11 is 0. The maximum atomic E-state index is 11.8. The zero-order valence-corrected chi connectivity index (χ0v) is 19.3. The first kappa shape index (κ1) is 23.2. The van der Waals surface area contributed by atoms with Crippen LogP contribution in [0.5, 0.6) is 0 Å². The Morgan fingerprint density at radius 2 is 1.61 bits per heavy atom. The van der Waals surface area contributed by atoms with Crippen LogP contribution in [0.2, 0.25) is 0 Å². The first-order valence-corrected chi connectivity index (χ1v) is 13.0. The average molecular weight is 409 g/mol. The highest BCUT2D eigenvalue weighted by atomic mass is 32.2. The van der Waals surface area contributed by atoms with Crippen LogP contribution < -0.4 is 4.90 Å². The van der Waals surface area contributed by atoms with Crippen LogP contribution in [0.25, 0.3) is 0 Å². The van der Waals surface area contributed by atoms with E-state index < -0.39 is 9.84 Å². The lowest BCUT2D eigenvalue weighted by atomic mass is 9.86. The summed E-state index contributed by atoms with van der Waals surface area (Å²) in [6, 6.07) is 7.40. The number of rotatable bonds is 5. The third-order valence-electron chi connectivity index (χ3n) is 6.32. The number of benzene rings is 1. The molecule has 0 aliphatic carbocycles. The van der Waals surface area contributed by atoms with Crippen molar-refractivity contribution in [3.63, 3.8) is 0 Å². The van der Waals surface area contributed by atoms with E-state index in [0.717, 1.165) is 36.5 Å². The number of hydrogen-bond donors (Lipinski definition) is 0. The Balaban J connectivity index is 0.00000136. The molecule has 0 N–H and O–H groups in total. The second kappa shape index (κ2) is 10.6. The van der Waals surface area contributed by atoms with Gasteiger partial charge in [-0.2, -0.15) is 0 Å². The number of piperidine rings is 2. The summed E-state index contributed by atoms with van der Waals surface area (Å²) in [5.41, 5.74) is 1.05. The second-order valence-electron chi connectivity index (χ2n) is 8.58. The summed E-state index contributed by atoms with van der Waals surface area (Å²) in [4.78, 5) is 5.43. The summed E-state index contributed by atoms with van der Waals surface area (Å²) in [6.45, 7) is 14.5. The SMILES string of the molecule is CC.CC(C)C1CCN(CC2CCN(c3cccc(S(C)(=O)=O)c3)CC2)CC1. The van der Waals surface area contributed by atoms with Crippen LogP contribution in [0.4, 0.5) is 5.69 Å². The smallest absolute Gasteiger partial charge is 0.175 e. The molecule has 2 aliphatic rings. The van der Waals surface area contributed by atoms with Gasteiger partial charge in [-0.15, -0.1) is 0 Å². The molecule has 0 atom stereocenters. The van der Waals surface area contributed by atoms with Gasteiger partial charge in [0, 0.05) is 31.6 Å². The summed E-state index contributed by atoms with van der Waals surface area (Å²) < 4.78 is 23.6. The van der Waals surface area contributed by atoms with Gasteiger partial charge in [0.05, 0.1) is 4.90 Å². The minimum atomic E-state index is -3.14. The molecule has 160 valence electrons. The Labute approximate surface area is 173 Å². The van der Waals surface area contributed by atoms with Gasteiger partial charge in [-0.1, -0.05) is 33.8 Å². The van der Waals surface area contributed by atoms with Gasteiger partial charge < -0.3 is 9.80 Å². The average Bonchev–Trinajstić information content (AvgIpc) is 2.70. The molecule has 0 aromatic heterocycles. The lowest BCUT2D eigenvalue weighted by Gasteiger charge is -2.39. The number of likely N-dealkylation sites (tertiary alicyclic amines) is 1.